The first kappa shape index (κ1) is 27.5. The van der Waals surface area contributed by atoms with Crippen LogP contribution < -0.4 is 0 Å². The highest BCUT2D eigenvalue weighted by Gasteiger charge is 2.84. The number of carbonyl (C=O) groups is 3. The lowest BCUT2D eigenvalue weighted by Gasteiger charge is -2.57. The molecule has 0 aromatic carbocycles. The van der Waals surface area contributed by atoms with Crippen molar-refractivity contribution >= 4 is 17.9 Å². The Morgan fingerprint density at radius 2 is 1.14 bits per heavy atom. The van der Waals surface area contributed by atoms with Crippen LogP contribution in [0.25, 0.3) is 0 Å². The predicted octanol–water partition coefficient (Wildman–Crippen LogP) is 4.86. The summed E-state index contributed by atoms with van der Waals surface area (Å²) < 4.78 is 146. The van der Waals surface area contributed by atoms with E-state index in [1.165, 1.54) is 6.92 Å². The third-order valence-electron chi connectivity index (χ3n) is 8.14. The average molecular weight is 556 g/mol. The maximum atomic E-state index is 13.8. The largest absolute Gasteiger partial charge is 0.465 e. The SMILES string of the molecule is C=C(C)C(=O)OC12CC3CC14CC(CC4C2)C3(OC(=O)C(F)(F)C(F)(F)F)OC(=O)C(F)(F)C(F)(F)F. The number of halogens is 10. The summed E-state index contributed by atoms with van der Waals surface area (Å²) in [5.74, 6) is -26.9. The second-order valence-electron chi connectivity index (χ2n) is 10.1. The van der Waals surface area contributed by atoms with Crippen molar-refractivity contribution in [2.75, 3.05) is 0 Å². The van der Waals surface area contributed by atoms with E-state index in [0.717, 1.165) is 0 Å². The van der Waals surface area contributed by atoms with Gasteiger partial charge in [0.05, 0.1) is 0 Å². The highest BCUT2D eigenvalue weighted by Crippen LogP contribution is 2.81. The van der Waals surface area contributed by atoms with Gasteiger partial charge in [-0.1, -0.05) is 6.58 Å². The van der Waals surface area contributed by atoms with Gasteiger partial charge in [-0.05, 0) is 44.9 Å². The van der Waals surface area contributed by atoms with Crippen molar-refractivity contribution in [1.29, 1.82) is 0 Å². The number of carbonyl (C=O) groups excluding carboxylic acids is 3. The molecule has 4 fully saturated rings. The first-order valence-electron chi connectivity index (χ1n) is 10.8. The molecule has 0 N–H and O–H groups in total. The van der Waals surface area contributed by atoms with E-state index in [4.69, 9.17) is 4.74 Å². The minimum absolute atomic E-state index is 0.0658. The molecule has 37 heavy (non-hydrogen) atoms. The number of rotatable bonds is 6. The first-order chi connectivity index (χ1) is 16.6. The highest BCUT2D eigenvalue weighted by molar-refractivity contribution is 5.87. The summed E-state index contributed by atoms with van der Waals surface area (Å²) in [7, 11) is 0. The normalized spacial score (nSPS) is 33.9. The van der Waals surface area contributed by atoms with Crippen LogP contribution in [0, 0.1) is 23.2 Å². The van der Waals surface area contributed by atoms with Gasteiger partial charge in [-0.3, -0.25) is 0 Å². The van der Waals surface area contributed by atoms with Gasteiger partial charge in [-0.2, -0.15) is 43.9 Å². The summed E-state index contributed by atoms with van der Waals surface area (Å²) >= 11 is 0. The number of esters is 3. The molecule has 1 spiro atoms. The minimum Gasteiger partial charge on any atom is -0.455 e. The topological polar surface area (TPSA) is 78.9 Å². The van der Waals surface area contributed by atoms with Crippen LogP contribution in [0.4, 0.5) is 43.9 Å². The smallest absolute Gasteiger partial charge is 0.455 e. The van der Waals surface area contributed by atoms with Gasteiger partial charge in [0.1, 0.15) is 5.60 Å². The van der Waals surface area contributed by atoms with Gasteiger partial charge >= 0.3 is 42.1 Å². The van der Waals surface area contributed by atoms with E-state index >= 15 is 0 Å². The van der Waals surface area contributed by atoms with Gasteiger partial charge in [0, 0.05) is 22.8 Å². The zero-order valence-electron chi connectivity index (χ0n) is 18.7. The minimum atomic E-state index is -6.52. The summed E-state index contributed by atoms with van der Waals surface area (Å²) in [5, 5.41) is 0. The monoisotopic (exact) mass is 556 g/mol. The molecule has 3 bridgehead atoms. The second kappa shape index (κ2) is 7.52. The number of hydrogen-bond acceptors (Lipinski definition) is 6. The number of fused-ring (bicyclic) bond motifs is 2. The summed E-state index contributed by atoms with van der Waals surface area (Å²) in [6.07, 6.45) is -14.3. The Labute approximate surface area is 201 Å². The molecule has 0 heterocycles. The van der Waals surface area contributed by atoms with E-state index in [1.807, 2.05) is 0 Å². The van der Waals surface area contributed by atoms with E-state index < -0.39 is 83.1 Å². The van der Waals surface area contributed by atoms with Crippen molar-refractivity contribution in [3.8, 4) is 0 Å². The van der Waals surface area contributed by atoms with Crippen molar-refractivity contribution in [3.05, 3.63) is 12.2 Å². The fraction of sp³-hybridized carbons (Fsp3) is 0.762. The molecule has 0 aromatic rings. The fourth-order valence-electron chi connectivity index (χ4n) is 6.58. The van der Waals surface area contributed by atoms with Crippen molar-refractivity contribution in [2.45, 2.75) is 74.6 Å². The Bertz CT molecular complexity index is 1020. The molecule has 0 amide bonds. The third-order valence-corrected chi connectivity index (χ3v) is 8.14. The summed E-state index contributed by atoms with van der Waals surface area (Å²) in [6.45, 7) is 4.69. The van der Waals surface area contributed by atoms with Crippen molar-refractivity contribution < 1.29 is 72.5 Å². The molecule has 4 aliphatic rings. The Hall–Kier alpha value is -2.55. The molecule has 0 radical (unpaired) electrons. The van der Waals surface area contributed by atoms with Crippen molar-refractivity contribution in [2.24, 2.45) is 23.2 Å². The van der Waals surface area contributed by atoms with E-state index in [-0.39, 0.29) is 31.3 Å². The Balaban J connectivity index is 1.76. The van der Waals surface area contributed by atoms with E-state index in [0.29, 0.717) is 0 Å². The number of alkyl halides is 10. The lowest BCUT2D eigenvalue weighted by molar-refractivity contribution is -0.330. The molecule has 0 aliphatic heterocycles. The maximum absolute atomic E-state index is 13.8. The van der Waals surface area contributed by atoms with Gasteiger partial charge < -0.3 is 14.2 Å². The van der Waals surface area contributed by atoms with Gasteiger partial charge in [0.25, 0.3) is 5.79 Å². The number of ether oxygens (including phenoxy) is 3. The third kappa shape index (κ3) is 3.48. The molecule has 5 unspecified atom stereocenters. The second-order valence-corrected chi connectivity index (χ2v) is 10.1. The zero-order valence-corrected chi connectivity index (χ0v) is 18.7. The van der Waals surface area contributed by atoms with E-state index in [2.05, 4.69) is 16.1 Å². The van der Waals surface area contributed by atoms with Gasteiger partial charge in [-0.15, -0.1) is 0 Å². The summed E-state index contributed by atoms with van der Waals surface area (Å²) in [4.78, 5) is 36.3. The van der Waals surface area contributed by atoms with Gasteiger partial charge in [0.2, 0.25) is 0 Å². The molecule has 0 aromatic heterocycles. The van der Waals surface area contributed by atoms with Gasteiger partial charge in [0.15, 0.2) is 0 Å². The Kier molecular flexibility index (Phi) is 5.58. The van der Waals surface area contributed by atoms with Crippen LogP contribution in [-0.4, -0.2) is 53.5 Å². The van der Waals surface area contributed by atoms with E-state index in [1.54, 1.807) is 0 Å². The molecule has 0 saturated heterocycles. The molecule has 16 heteroatoms. The zero-order chi connectivity index (χ0) is 28.2. The molecule has 208 valence electrons. The van der Waals surface area contributed by atoms with Crippen LogP contribution >= 0.6 is 0 Å². The molecular weight excluding hydrogens is 538 g/mol. The summed E-state index contributed by atoms with van der Waals surface area (Å²) in [6, 6.07) is 0. The summed E-state index contributed by atoms with van der Waals surface area (Å²) in [5.41, 5.74) is -2.44. The maximum Gasteiger partial charge on any atom is 0.465 e. The van der Waals surface area contributed by atoms with Crippen molar-refractivity contribution in [1.82, 2.24) is 0 Å². The molecular formula is C21H18F10O6. The Morgan fingerprint density at radius 1 is 0.703 bits per heavy atom. The first-order valence-corrected chi connectivity index (χ1v) is 10.8. The molecule has 4 rings (SSSR count). The van der Waals surface area contributed by atoms with Crippen LogP contribution in [0.5, 0.6) is 0 Å². The molecule has 5 atom stereocenters. The molecule has 4 saturated carbocycles. The van der Waals surface area contributed by atoms with Crippen LogP contribution in [0.3, 0.4) is 0 Å². The quantitative estimate of drug-likeness (QED) is 0.201. The molecule has 6 nitrogen and oxygen atoms in total. The highest BCUT2D eigenvalue weighted by atomic mass is 19.4. The lowest BCUT2D eigenvalue weighted by Crippen LogP contribution is -2.60. The molecule has 4 aliphatic carbocycles. The average Bonchev–Trinajstić information content (AvgIpc) is 3.12. The van der Waals surface area contributed by atoms with Crippen LogP contribution in [0.1, 0.15) is 39.0 Å². The van der Waals surface area contributed by atoms with Crippen molar-refractivity contribution in [3.63, 3.8) is 0 Å². The van der Waals surface area contributed by atoms with Crippen LogP contribution in [0.2, 0.25) is 0 Å². The van der Waals surface area contributed by atoms with E-state index in [9.17, 15) is 58.3 Å². The number of hydrogen-bond donors (Lipinski definition) is 0. The lowest BCUT2D eigenvalue weighted by atomic mass is 9.52. The van der Waals surface area contributed by atoms with Gasteiger partial charge in [-0.25, -0.2) is 14.4 Å². The van der Waals surface area contributed by atoms with Crippen LogP contribution in [-0.2, 0) is 28.6 Å². The standard InChI is InChI=1S/C21H18F10O6/c1-8(2)12(32)35-16-6-9-3-10-4-15(9,16)5-11(7-16)17(10,36-13(33)18(22,23)20(26,27)28)37-14(34)19(24,25)21(29,30)31/h9-11H,1,3-7H2,2H3. The Morgan fingerprint density at radius 3 is 1.57 bits per heavy atom. The van der Waals surface area contributed by atoms with Crippen LogP contribution in [0.15, 0.2) is 12.2 Å². The predicted molar refractivity (Wildman–Crippen MR) is 96.5 cm³/mol. The fourth-order valence-corrected chi connectivity index (χ4v) is 6.58.